The van der Waals surface area contributed by atoms with Crippen LogP contribution in [-0.2, 0) is 0 Å². The van der Waals surface area contributed by atoms with E-state index in [1.165, 1.54) is 0 Å². The lowest BCUT2D eigenvalue weighted by atomic mass is 9.70. The van der Waals surface area contributed by atoms with Gasteiger partial charge in [0.2, 0.25) is 0 Å². The molecule has 2 nitrogen and oxygen atoms in total. The normalized spacial score (nSPS) is 29.0. The maximum atomic E-state index is 9.15. The van der Waals surface area contributed by atoms with Gasteiger partial charge in [-0.1, -0.05) is 30.7 Å². The first-order valence-electron chi connectivity index (χ1n) is 5.09. The van der Waals surface area contributed by atoms with Crippen molar-refractivity contribution in [3.05, 3.63) is 29.3 Å². The van der Waals surface area contributed by atoms with Crippen LogP contribution in [0.15, 0.2) is 24.3 Å². The van der Waals surface area contributed by atoms with Crippen molar-refractivity contribution in [2.24, 2.45) is 5.92 Å². The van der Waals surface area contributed by atoms with E-state index >= 15 is 0 Å². The highest BCUT2D eigenvalue weighted by molar-refractivity contribution is 6.33. The molecule has 0 spiro atoms. The van der Waals surface area contributed by atoms with E-state index in [1.54, 1.807) is 0 Å². The number of nitriles is 1. The van der Waals surface area contributed by atoms with Gasteiger partial charge >= 0.3 is 0 Å². The third-order valence-corrected chi connectivity index (χ3v) is 3.19. The van der Waals surface area contributed by atoms with Crippen LogP contribution in [0, 0.1) is 17.2 Å². The second-order valence-electron chi connectivity index (χ2n) is 4.31. The Morgan fingerprint density at radius 2 is 2.13 bits per heavy atom. The molecule has 2 rings (SSSR count). The molecule has 1 aromatic rings. The van der Waals surface area contributed by atoms with E-state index in [0.717, 1.165) is 18.5 Å². The van der Waals surface area contributed by atoms with Gasteiger partial charge in [-0.25, -0.2) is 0 Å². The molecule has 0 atom stereocenters. The first-order valence-corrected chi connectivity index (χ1v) is 5.47. The Labute approximate surface area is 94.9 Å². The Balaban J connectivity index is 2.16. The summed E-state index contributed by atoms with van der Waals surface area (Å²) < 4.78 is 0. The largest absolute Gasteiger partial charge is 0.366 e. The predicted octanol–water partition coefficient (Wildman–Crippen LogP) is 3.44. The summed E-state index contributed by atoms with van der Waals surface area (Å²) in [5, 5.41) is 13.1. The molecular weight excluding hydrogens is 208 g/mol. The Hall–Kier alpha value is -1.20. The highest BCUT2D eigenvalue weighted by atomic mass is 35.5. The second kappa shape index (κ2) is 3.75. The molecular formula is C12H13ClN2. The molecule has 0 bridgehead atoms. The summed E-state index contributed by atoms with van der Waals surface area (Å²) in [6.45, 7) is 2.16. The van der Waals surface area contributed by atoms with Crippen LogP contribution in [0.5, 0.6) is 0 Å². The van der Waals surface area contributed by atoms with E-state index in [-0.39, 0.29) is 0 Å². The minimum absolute atomic E-state index is 0.398. The van der Waals surface area contributed by atoms with Crippen LogP contribution < -0.4 is 5.32 Å². The van der Waals surface area contributed by atoms with Crippen molar-refractivity contribution in [1.82, 2.24) is 0 Å². The van der Waals surface area contributed by atoms with Gasteiger partial charge in [-0.3, -0.25) is 0 Å². The van der Waals surface area contributed by atoms with E-state index in [1.807, 2.05) is 24.3 Å². The van der Waals surface area contributed by atoms with E-state index in [9.17, 15) is 0 Å². The van der Waals surface area contributed by atoms with E-state index in [2.05, 4.69) is 18.3 Å². The zero-order valence-corrected chi connectivity index (χ0v) is 9.38. The van der Waals surface area contributed by atoms with Crippen LogP contribution in [0.25, 0.3) is 0 Å². The zero-order valence-electron chi connectivity index (χ0n) is 8.63. The minimum Gasteiger partial charge on any atom is -0.366 e. The fourth-order valence-electron chi connectivity index (χ4n) is 2.17. The summed E-state index contributed by atoms with van der Waals surface area (Å²) in [7, 11) is 0. The SMILES string of the molecule is CC1CC(C#N)(Nc2ccccc2Cl)C1. The van der Waals surface area contributed by atoms with Crippen LogP contribution in [0.2, 0.25) is 5.02 Å². The molecule has 1 aromatic carbocycles. The molecule has 0 unspecified atom stereocenters. The number of nitrogens with one attached hydrogen (secondary N) is 1. The average Bonchev–Trinajstić information content (AvgIpc) is 2.18. The van der Waals surface area contributed by atoms with Gasteiger partial charge in [-0.2, -0.15) is 5.26 Å². The molecule has 1 aliphatic rings. The highest BCUT2D eigenvalue weighted by Gasteiger charge is 2.42. The third-order valence-electron chi connectivity index (χ3n) is 2.86. The van der Waals surface area contributed by atoms with Crippen LogP contribution in [0.1, 0.15) is 19.8 Å². The van der Waals surface area contributed by atoms with Gasteiger partial charge in [0, 0.05) is 0 Å². The Kier molecular flexibility index (Phi) is 2.58. The van der Waals surface area contributed by atoms with E-state index < -0.39 is 5.54 Å². The van der Waals surface area contributed by atoms with Crippen molar-refractivity contribution in [2.75, 3.05) is 5.32 Å². The van der Waals surface area contributed by atoms with Crippen molar-refractivity contribution in [3.8, 4) is 6.07 Å². The fraction of sp³-hybridized carbons (Fsp3) is 0.417. The lowest BCUT2D eigenvalue weighted by molar-refractivity contribution is 0.244. The summed E-state index contributed by atoms with van der Waals surface area (Å²) >= 11 is 6.03. The van der Waals surface area contributed by atoms with Crippen molar-refractivity contribution < 1.29 is 0 Å². The zero-order chi connectivity index (χ0) is 10.9. The van der Waals surface area contributed by atoms with Gasteiger partial charge in [0.05, 0.1) is 16.8 Å². The van der Waals surface area contributed by atoms with Gasteiger partial charge in [-0.15, -0.1) is 0 Å². The second-order valence-corrected chi connectivity index (χ2v) is 4.72. The predicted molar refractivity (Wildman–Crippen MR) is 61.8 cm³/mol. The number of halogens is 1. The fourth-order valence-corrected chi connectivity index (χ4v) is 2.35. The third kappa shape index (κ3) is 1.93. The van der Waals surface area contributed by atoms with Crippen molar-refractivity contribution in [1.29, 1.82) is 5.26 Å². The monoisotopic (exact) mass is 220 g/mol. The number of rotatable bonds is 2. The lowest BCUT2D eigenvalue weighted by Crippen LogP contribution is -2.48. The molecule has 15 heavy (non-hydrogen) atoms. The molecule has 0 aromatic heterocycles. The molecule has 0 saturated heterocycles. The summed E-state index contributed by atoms with van der Waals surface area (Å²) in [6.07, 6.45) is 1.80. The summed E-state index contributed by atoms with van der Waals surface area (Å²) in [6, 6.07) is 9.89. The maximum absolute atomic E-state index is 9.15. The summed E-state index contributed by atoms with van der Waals surface area (Å²) in [4.78, 5) is 0. The number of para-hydroxylation sites is 1. The smallest absolute Gasteiger partial charge is 0.125 e. The number of hydrogen-bond acceptors (Lipinski definition) is 2. The highest BCUT2D eigenvalue weighted by Crippen LogP contribution is 2.40. The number of benzene rings is 1. The first kappa shape index (κ1) is 10.3. The maximum Gasteiger partial charge on any atom is 0.125 e. The van der Waals surface area contributed by atoms with Crippen LogP contribution >= 0.6 is 11.6 Å². The van der Waals surface area contributed by atoms with Crippen molar-refractivity contribution in [3.63, 3.8) is 0 Å². The molecule has 0 aliphatic heterocycles. The number of anilines is 1. The molecule has 78 valence electrons. The Morgan fingerprint density at radius 1 is 1.47 bits per heavy atom. The molecule has 0 radical (unpaired) electrons. The number of hydrogen-bond donors (Lipinski definition) is 1. The quantitative estimate of drug-likeness (QED) is 0.829. The number of nitrogens with zero attached hydrogens (tertiary/aromatic N) is 1. The topological polar surface area (TPSA) is 35.8 Å². The Bertz CT molecular complexity index is 402. The van der Waals surface area contributed by atoms with Crippen LogP contribution in [0.3, 0.4) is 0 Å². The molecule has 0 amide bonds. The molecule has 1 saturated carbocycles. The average molecular weight is 221 g/mol. The minimum atomic E-state index is -0.398. The molecule has 1 fully saturated rings. The van der Waals surface area contributed by atoms with Gasteiger partial charge in [0.25, 0.3) is 0 Å². The molecule has 3 heteroatoms. The van der Waals surface area contributed by atoms with E-state index in [4.69, 9.17) is 16.9 Å². The van der Waals surface area contributed by atoms with Gasteiger partial charge < -0.3 is 5.32 Å². The standard InChI is InChI=1S/C12H13ClN2/c1-9-6-12(7-9,8-14)15-11-5-3-2-4-10(11)13/h2-5,9,15H,6-7H2,1H3. The molecule has 1 aliphatic carbocycles. The van der Waals surface area contributed by atoms with Crippen molar-refractivity contribution >= 4 is 17.3 Å². The lowest BCUT2D eigenvalue weighted by Gasteiger charge is -2.42. The van der Waals surface area contributed by atoms with Crippen LogP contribution in [0.4, 0.5) is 5.69 Å². The Morgan fingerprint density at radius 3 is 2.67 bits per heavy atom. The van der Waals surface area contributed by atoms with Gasteiger partial charge in [-0.05, 0) is 30.9 Å². The first-order chi connectivity index (χ1) is 7.15. The summed E-state index contributed by atoms with van der Waals surface area (Å²) in [5.74, 6) is 0.625. The molecule has 0 heterocycles. The van der Waals surface area contributed by atoms with Gasteiger partial charge in [0.1, 0.15) is 5.54 Å². The summed E-state index contributed by atoms with van der Waals surface area (Å²) in [5.41, 5.74) is 0.456. The molecule has 1 N–H and O–H groups in total. The van der Waals surface area contributed by atoms with Gasteiger partial charge in [0.15, 0.2) is 0 Å². The van der Waals surface area contributed by atoms with E-state index in [0.29, 0.717) is 10.9 Å². The van der Waals surface area contributed by atoms with Crippen molar-refractivity contribution in [2.45, 2.75) is 25.3 Å². The van der Waals surface area contributed by atoms with Crippen LogP contribution in [-0.4, -0.2) is 5.54 Å².